The quantitative estimate of drug-likeness (QED) is 0.493. The predicted molar refractivity (Wildman–Crippen MR) is 119 cm³/mol. The van der Waals surface area contributed by atoms with E-state index in [4.69, 9.17) is 9.47 Å². The Morgan fingerprint density at radius 1 is 0.909 bits per heavy atom. The first kappa shape index (κ1) is 24.1. The predicted octanol–water partition coefficient (Wildman–Crippen LogP) is 3.51. The largest absolute Gasteiger partial charge is 0.493 e. The molecule has 0 heterocycles. The smallest absolute Gasteiger partial charge is 0.243 e. The molecule has 0 unspecified atom stereocenters. The number of amides is 1. The molecule has 3 aromatic carbocycles. The van der Waals surface area contributed by atoms with Crippen LogP contribution in [0.2, 0.25) is 0 Å². The Labute approximate surface area is 190 Å². The zero-order valence-corrected chi connectivity index (χ0v) is 18.7. The third-order valence-corrected chi connectivity index (χ3v) is 6.24. The molecule has 1 atom stereocenters. The Hall–Kier alpha value is -3.50. The first-order valence-electron chi connectivity index (χ1n) is 9.78. The molecule has 7 nitrogen and oxygen atoms in total. The molecule has 0 saturated heterocycles. The van der Waals surface area contributed by atoms with Crippen molar-refractivity contribution in [1.29, 1.82) is 0 Å². The van der Waals surface area contributed by atoms with Crippen LogP contribution in [0.15, 0.2) is 71.6 Å². The second-order valence-electron chi connectivity index (χ2n) is 6.97. The number of benzene rings is 3. The van der Waals surface area contributed by atoms with Crippen LogP contribution >= 0.6 is 0 Å². The fourth-order valence-corrected chi connectivity index (χ4v) is 4.31. The summed E-state index contributed by atoms with van der Waals surface area (Å²) in [4.78, 5) is 12.8. The summed E-state index contributed by atoms with van der Waals surface area (Å²) in [5.74, 6) is -2.39. The van der Waals surface area contributed by atoms with Crippen molar-refractivity contribution in [2.24, 2.45) is 0 Å². The van der Waals surface area contributed by atoms with Crippen molar-refractivity contribution < 1.29 is 31.5 Å². The summed E-state index contributed by atoms with van der Waals surface area (Å²) in [5, 5.41) is 2.15. The van der Waals surface area contributed by atoms with Gasteiger partial charge in [0.05, 0.1) is 19.1 Å². The van der Waals surface area contributed by atoms with Crippen LogP contribution in [0, 0.1) is 11.6 Å². The van der Waals surface area contributed by atoms with E-state index in [1.54, 1.807) is 30.3 Å². The highest BCUT2D eigenvalue weighted by Crippen LogP contribution is 2.29. The van der Waals surface area contributed by atoms with Gasteiger partial charge in [-0.15, -0.1) is 0 Å². The number of para-hydroxylation sites is 1. The molecular formula is C23H22F2N2O5S. The molecular weight excluding hydrogens is 454 g/mol. The molecule has 0 aliphatic rings. The Kier molecular flexibility index (Phi) is 7.62. The Balaban J connectivity index is 1.93. The Morgan fingerprint density at radius 2 is 1.55 bits per heavy atom. The minimum Gasteiger partial charge on any atom is -0.493 e. The Morgan fingerprint density at radius 3 is 2.15 bits per heavy atom. The van der Waals surface area contributed by atoms with Crippen LogP contribution in [0.1, 0.15) is 5.56 Å². The number of carbonyl (C=O) groups is 1. The van der Waals surface area contributed by atoms with Crippen molar-refractivity contribution in [2.75, 3.05) is 19.5 Å². The fourth-order valence-electron chi connectivity index (χ4n) is 3.10. The highest BCUT2D eigenvalue weighted by molar-refractivity contribution is 7.89. The number of ether oxygens (including phenoxy) is 2. The van der Waals surface area contributed by atoms with Gasteiger partial charge in [0.1, 0.15) is 23.4 Å². The molecule has 0 saturated carbocycles. The number of anilines is 1. The van der Waals surface area contributed by atoms with Crippen molar-refractivity contribution in [3.05, 3.63) is 83.9 Å². The number of rotatable bonds is 9. The first-order valence-corrected chi connectivity index (χ1v) is 11.3. The molecule has 0 aliphatic carbocycles. The zero-order valence-electron chi connectivity index (χ0n) is 17.8. The van der Waals surface area contributed by atoms with Crippen molar-refractivity contribution in [1.82, 2.24) is 4.72 Å². The van der Waals surface area contributed by atoms with Crippen molar-refractivity contribution >= 4 is 21.6 Å². The van der Waals surface area contributed by atoms with E-state index in [1.807, 2.05) is 0 Å². The van der Waals surface area contributed by atoms with Gasteiger partial charge >= 0.3 is 0 Å². The van der Waals surface area contributed by atoms with Crippen LogP contribution < -0.4 is 19.5 Å². The lowest BCUT2D eigenvalue weighted by molar-refractivity contribution is -0.117. The van der Waals surface area contributed by atoms with E-state index < -0.39 is 39.3 Å². The maximum absolute atomic E-state index is 14.0. The van der Waals surface area contributed by atoms with E-state index in [0.717, 1.165) is 18.2 Å². The van der Waals surface area contributed by atoms with Gasteiger partial charge in [0.25, 0.3) is 0 Å². The van der Waals surface area contributed by atoms with Gasteiger partial charge in [0.2, 0.25) is 15.9 Å². The minimum absolute atomic E-state index is 0.0603. The molecule has 3 aromatic rings. The van der Waals surface area contributed by atoms with Crippen LogP contribution in [0.3, 0.4) is 0 Å². The summed E-state index contributed by atoms with van der Waals surface area (Å²) < 4.78 is 66.8. The summed E-state index contributed by atoms with van der Waals surface area (Å²) in [7, 11) is -1.46. The standard InChI is InChI=1S/C23H22F2N2O5S/c1-31-20-12-11-16(14-21(20)32-2)33(29,30)27-19(13-15-7-4-3-5-8-15)23(28)26-22-17(24)9-6-10-18(22)25/h3-12,14,19,27H,13H2,1-2H3,(H,26,28)/t19-/m0/s1. The van der Waals surface area contributed by atoms with Crippen LogP contribution in [0.25, 0.3) is 0 Å². The SMILES string of the molecule is COc1ccc(S(=O)(=O)N[C@@H](Cc2ccccc2)C(=O)Nc2c(F)cccc2F)cc1OC. The Bertz CT molecular complexity index is 1220. The molecule has 2 N–H and O–H groups in total. The van der Waals surface area contributed by atoms with Gasteiger partial charge < -0.3 is 14.8 Å². The second-order valence-corrected chi connectivity index (χ2v) is 8.68. The molecule has 1 amide bonds. The van der Waals surface area contributed by atoms with Gasteiger partial charge in [-0.25, -0.2) is 17.2 Å². The molecule has 0 radical (unpaired) electrons. The lowest BCUT2D eigenvalue weighted by Crippen LogP contribution is -2.45. The lowest BCUT2D eigenvalue weighted by Gasteiger charge is -2.20. The molecule has 0 aliphatic heterocycles. The highest BCUT2D eigenvalue weighted by atomic mass is 32.2. The van der Waals surface area contributed by atoms with Crippen LogP contribution in [0.4, 0.5) is 14.5 Å². The van der Waals surface area contributed by atoms with E-state index in [2.05, 4.69) is 10.0 Å². The monoisotopic (exact) mass is 476 g/mol. The van der Waals surface area contributed by atoms with E-state index in [0.29, 0.717) is 11.3 Å². The average molecular weight is 477 g/mol. The number of sulfonamides is 1. The number of methoxy groups -OCH3 is 2. The topological polar surface area (TPSA) is 93.7 Å². The molecule has 3 rings (SSSR count). The summed E-state index contributed by atoms with van der Waals surface area (Å²) in [5.41, 5.74) is -0.0208. The van der Waals surface area contributed by atoms with Crippen molar-refractivity contribution in [2.45, 2.75) is 17.4 Å². The summed E-state index contributed by atoms with van der Waals surface area (Å²) in [6.45, 7) is 0. The highest BCUT2D eigenvalue weighted by Gasteiger charge is 2.28. The molecule has 0 fully saturated rings. The van der Waals surface area contributed by atoms with Crippen molar-refractivity contribution in [3.8, 4) is 11.5 Å². The summed E-state index contributed by atoms with van der Waals surface area (Å²) in [6, 6.07) is 14.3. The average Bonchev–Trinajstić information content (AvgIpc) is 2.81. The minimum atomic E-state index is -4.23. The maximum Gasteiger partial charge on any atom is 0.243 e. The third-order valence-electron chi connectivity index (χ3n) is 4.77. The summed E-state index contributed by atoms with van der Waals surface area (Å²) in [6.07, 6.45) is -0.0603. The second kappa shape index (κ2) is 10.4. The summed E-state index contributed by atoms with van der Waals surface area (Å²) >= 11 is 0. The lowest BCUT2D eigenvalue weighted by atomic mass is 10.1. The normalized spacial score (nSPS) is 12.1. The number of carbonyl (C=O) groups excluding carboxylic acids is 1. The van der Waals surface area contributed by atoms with Crippen LogP contribution in [-0.2, 0) is 21.2 Å². The maximum atomic E-state index is 14.0. The molecule has 10 heteroatoms. The number of hydrogen-bond acceptors (Lipinski definition) is 5. The van der Waals surface area contributed by atoms with Crippen LogP contribution in [-0.4, -0.2) is 34.6 Å². The number of nitrogens with one attached hydrogen (secondary N) is 2. The third kappa shape index (κ3) is 5.85. The first-order chi connectivity index (χ1) is 15.7. The van der Waals surface area contributed by atoms with E-state index in [1.165, 1.54) is 32.4 Å². The zero-order chi connectivity index (χ0) is 24.0. The van der Waals surface area contributed by atoms with Crippen molar-refractivity contribution in [3.63, 3.8) is 0 Å². The van der Waals surface area contributed by atoms with Gasteiger partial charge in [-0.05, 0) is 36.2 Å². The van der Waals surface area contributed by atoms with Gasteiger partial charge in [-0.3, -0.25) is 4.79 Å². The van der Waals surface area contributed by atoms with Gasteiger partial charge in [-0.1, -0.05) is 36.4 Å². The number of halogens is 2. The molecule has 0 aromatic heterocycles. The molecule has 0 spiro atoms. The van der Waals surface area contributed by atoms with Gasteiger partial charge in [-0.2, -0.15) is 4.72 Å². The molecule has 33 heavy (non-hydrogen) atoms. The van der Waals surface area contributed by atoms with E-state index >= 15 is 0 Å². The van der Waals surface area contributed by atoms with Gasteiger partial charge in [0.15, 0.2) is 11.5 Å². The fraction of sp³-hybridized carbons (Fsp3) is 0.174. The van der Waals surface area contributed by atoms with E-state index in [9.17, 15) is 22.0 Å². The van der Waals surface area contributed by atoms with Crippen LogP contribution in [0.5, 0.6) is 11.5 Å². The van der Waals surface area contributed by atoms with E-state index in [-0.39, 0.29) is 17.1 Å². The number of hydrogen-bond donors (Lipinski definition) is 2. The molecule has 174 valence electrons. The van der Waals surface area contributed by atoms with Gasteiger partial charge in [0, 0.05) is 6.07 Å². The molecule has 0 bridgehead atoms.